The molecule has 0 N–H and O–H groups in total. The van der Waals surface area contributed by atoms with Crippen molar-refractivity contribution in [2.75, 3.05) is 0 Å². The molecule has 0 atom stereocenters. The van der Waals surface area contributed by atoms with E-state index in [1.807, 2.05) is 18.2 Å². The summed E-state index contributed by atoms with van der Waals surface area (Å²) in [6.07, 6.45) is 1.56. The molecule has 0 aliphatic rings. The predicted molar refractivity (Wildman–Crippen MR) is 72.7 cm³/mol. The third-order valence-corrected chi connectivity index (χ3v) is 3.51. The zero-order chi connectivity index (χ0) is 13.8. The monoisotopic (exact) mass is 283 g/mol. The minimum absolute atomic E-state index is 0.441. The summed E-state index contributed by atoms with van der Waals surface area (Å²) in [4.78, 5) is 5.24. The van der Waals surface area contributed by atoms with Crippen molar-refractivity contribution < 1.29 is 8.94 Å². The molecule has 0 aliphatic heterocycles. The first-order valence-corrected chi connectivity index (χ1v) is 6.83. The number of benzene rings is 1. The molecule has 0 amide bonds. The Bertz CT molecular complexity index is 744. The van der Waals surface area contributed by atoms with Crippen LogP contribution in [-0.2, 0) is 5.75 Å². The number of hydrogen-bond donors (Lipinski definition) is 0. The highest BCUT2D eigenvalue weighted by atomic mass is 32.2. The minimum Gasteiger partial charge on any atom is -0.461 e. The molecule has 6 heteroatoms. The molecule has 3 rings (SSSR count). The lowest BCUT2D eigenvalue weighted by Crippen LogP contribution is -1.82. The summed E-state index contributed by atoms with van der Waals surface area (Å²) in [6, 6.07) is 13.0. The molecule has 0 radical (unpaired) electrons. The molecular formula is C14H9N3O2S. The molecule has 0 saturated heterocycles. The summed E-state index contributed by atoms with van der Waals surface area (Å²) in [6.45, 7) is 0. The average Bonchev–Trinajstić information content (AvgIpc) is 3.16. The summed E-state index contributed by atoms with van der Waals surface area (Å²) in [5.41, 5.74) is 0.636. The number of aromatic nitrogens is 2. The molecule has 1 aromatic carbocycles. The fourth-order valence-corrected chi connectivity index (χ4v) is 2.41. The smallest absolute Gasteiger partial charge is 0.238 e. The Morgan fingerprint density at radius 1 is 1.25 bits per heavy atom. The zero-order valence-electron chi connectivity index (χ0n) is 10.3. The Morgan fingerprint density at radius 3 is 3.00 bits per heavy atom. The van der Waals surface area contributed by atoms with Crippen LogP contribution in [0.1, 0.15) is 11.5 Å². The van der Waals surface area contributed by atoms with Gasteiger partial charge in [-0.3, -0.25) is 0 Å². The minimum atomic E-state index is 0.441. The number of nitriles is 1. The van der Waals surface area contributed by atoms with Crippen LogP contribution in [0.5, 0.6) is 0 Å². The molecule has 98 valence electrons. The van der Waals surface area contributed by atoms with Crippen molar-refractivity contribution in [1.29, 1.82) is 5.26 Å². The first kappa shape index (κ1) is 12.5. The second-order valence-electron chi connectivity index (χ2n) is 3.92. The van der Waals surface area contributed by atoms with Gasteiger partial charge in [-0.2, -0.15) is 10.2 Å². The second kappa shape index (κ2) is 5.63. The van der Waals surface area contributed by atoms with Gasteiger partial charge in [0.15, 0.2) is 5.76 Å². The van der Waals surface area contributed by atoms with Gasteiger partial charge in [-0.1, -0.05) is 11.2 Å². The Hall–Kier alpha value is -2.52. The lowest BCUT2D eigenvalue weighted by molar-refractivity contribution is 0.390. The maximum absolute atomic E-state index is 8.85. The molecule has 0 saturated carbocycles. The van der Waals surface area contributed by atoms with Crippen LogP contribution < -0.4 is 0 Å². The van der Waals surface area contributed by atoms with Crippen LogP contribution in [0.2, 0.25) is 0 Å². The highest BCUT2D eigenvalue weighted by Gasteiger charge is 2.10. The summed E-state index contributed by atoms with van der Waals surface area (Å²) in [5.74, 6) is 2.08. The Balaban J connectivity index is 1.68. The fraction of sp³-hybridized carbons (Fsp3) is 0.0714. The summed E-state index contributed by atoms with van der Waals surface area (Å²) >= 11 is 1.54. The van der Waals surface area contributed by atoms with Gasteiger partial charge < -0.3 is 8.94 Å². The third-order valence-electron chi connectivity index (χ3n) is 2.54. The Morgan fingerprint density at radius 2 is 2.20 bits per heavy atom. The van der Waals surface area contributed by atoms with Gasteiger partial charge in [0.05, 0.1) is 23.6 Å². The van der Waals surface area contributed by atoms with Gasteiger partial charge in [-0.25, -0.2) is 0 Å². The SMILES string of the molecule is N#Cc1cccc(SCc2nc(-c3ccco3)no2)c1. The Kier molecular flexibility index (Phi) is 3.52. The molecular weight excluding hydrogens is 274 g/mol. The van der Waals surface area contributed by atoms with Gasteiger partial charge in [-0.15, -0.1) is 11.8 Å². The van der Waals surface area contributed by atoms with Crippen molar-refractivity contribution in [2.45, 2.75) is 10.6 Å². The molecule has 5 nitrogen and oxygen atoms in total. The number of rotatable bonds is 4. The van der Waals surface area contributed by atoms with Gasteiger partial charge >= 0.3 is 0 Å². The van der Waals surface area contributed by atoms with Crippen molar-refractivity contribution in [3.8, 4) is 17.7 Å². The van der Waals surface area contributed by atoms with Gasteiger partial charge in [0, 0.05) is 4.90 Å². The molecule has 3 aromatic rings. The van der Waals surface area contributed by atoms with Gasteiger partial charge in [0.2, 0.25) is 11.7 Å². The first-order valence-electron chi connectivity index (χ1n) is 5.84. The number of nitrogens with zero attached hydrogens (tertiary/aromatic N) is 3. The summed E-state index contributed by atoms with van der Waals surface area (Å²) in [5, 5.41) is 12.7. The van der Waals surface area contributed by atoms with E-state index in [-0.39, 0.29) is 0 Å². The van der Waals surface area contributed by atoms with E-state index in [0.29, 0.717) is 28.8 Å². The van der Waals surface area contributed by atoms with E-state index >= 15 is 0 Å². The van der Waals surface area contributed by atoms with Crippen LogP contribution in [0.15, 0.2) is 56.5 Å². The predicted octanol–water partition coefficient (Wildman–Crippen LogP) is 3.49. The second-order valence-corrected chi connectivity index (χ2v) is 4.97. The van der Waals surface area contributed by atoms with Crippen LogP contribution in [0.25, 0.3) is 11.6 Å². The maximum atomic E-state index is 8.85. The van der Waals surface area contributed by atoms with Gasteiger partial charge in [0.25, 0.3) is 0 Å². The molecule has 0 fully saturated rings. The van der Waals surface area contributed by atoms with Crippen molar-refractivity contribution in [1.82, 2.24) is 10.1 Å². The number of hydrogen-bond acceptors (Lipinski definition) is 6. The molecule has 2 aromatic heterocycles. The first-order chi connectivity index (χ1) is 9.85. The van der Waals surface area contributed by atoms with E-state index < -0.39 is 0 Å². The highest BCUT2D eigenvalue weighted by molar-refractivity contribution is 7.98. The van der Waals surface area contributed by atoms with Gasteiger partial charge in [0.1, 0.15) is 0 Å². The number of furan rings is 1. The molecule has 0 aliphatic carbocycles. The molecule has 0 unspecified atom stereocenters. The standard InChI is InChI=1S/C14H9N3O2S/c15-8-10-3-1-4-11(7-10)20-9-13-16-14(17-19-13)12-5-2-6-18-12/h1-7H,9H2. The largest absolute Gasteiger partial charge is 0.461 e. The van der Waals surface area contributed by atoms with Crippen molar-refractivity contribution in [2.24, 2.45) is 0 Å². The van der Waals surface area contributed by atoms with E-state index in [0.717, 1.165) is 4.90 Å². The van der Waals surface area contributed by atoms with Crippen LogP contribution in [0.4, 0.5) is 0 Å². The lowest BCUT2D eigenvalue weighted by atomic mass is 10.2. The van der Waals surface area contributed by atoms with E-state index in [4.69, 9.17) is 14.2 Å². The third kappa shape index (κ3) is 2.73. The number of thioether (sulfide) groups is 1. The van der Waals surface area contributed by atoms with E-state index in [9.17, 15) is 0 Å². The lowest BCUT2D eigenvalue weighted by Gasteiger charge is -1.98. The average molecular weight is 283 g/mol. The summed E-state index contributed by atoms with van der Waals surface area (Å²) < 4.78 is 10.4. The molecule has 0 spiro atoms. The van der Waals surface area contributed by atoms with Crippen LogP contribution in [-0.4, -0.2) is 10.1 Å². The molecule has 2 heterocycles. The summed E-state index contributed by atoms with van der Waals surface area (Å²) in [7, 11) is 0. The van der Waals surface area contributed by atoms with Crippen LogP contribution in [0.3, 0.4) is 0 Å². The fourth-order valence-electron chi connectivity index (χ4n) is 1.62. The highest BCUT2D eigenvalue weighted by Crippen LogP contribution is 2.24. The van der Waals surface area contributed by atoms with E-state index in [1.54, 1.807) is 24.5 Å². The van der Waals surface area contributed by atoms with Crippen LogP contribution >= 0.6 is 11.8 Å². The van der Waals surface area contributed by atoms with Crippen molar-refractivity contribution in [3.63, 3.8) is 0 Å². The molecule has 20 heavy (non-hydrogen) atoms. The quantitative estimate of drug-likeness (QED) is 0.682. The van der Waals surface area contributed by atoms with E-state index in [1.165, 1.54) is 11.8 Å². The maximum Gasteiger partial charge on any atom is 0.238 e. The topological polar surface area (TPSA) is 75.8 Å². The van der Waals surface area contributed by atoms with Crippen LogP contribution in [0, 0.1) is 11.3 Å². The zero-order valence-corrected chi connectivity index (χ0v) is 11.1. The molecule has 0 bridgehead atoms. The Labute approximate surface area is 119 Å². The van der Waals surface area contributed by atoms with E-state index in [2.05, 4.69) is 16.2 Å². The van der Waals surface area contributed by atoms with Crippen molar-refractivity contribution >= 4 is 11.8 Å². The van der Waals surface area contributed by atoms with Crippen molar-refractivity contribution in [3.05, 3.63) is 54.1 Å². The normalized spacial score (nSPS) is 10.3. The van der Waals surface area contributed by atoms with Gasteiger partial charge in [-0.05, 0) is 30.3 Å².